The van der Waals surface area contributed by atoms with Crippen molar-refractivity contribution in [1.82, 2.24) is 15.3 Å². The van der Waals surface area contributed by atoms with Gasteiger partial charge in [-0.25, -0.2) is 4.98 Å². The number of aromatic amines is 1. The maximum Gasteiger partial charge on any atom is 0.134 e. The lowest BCUT2D eigenvalue weighted by Crippen LogP contribution is -2.26. The maximum atomic E-state index is 5.38. The first kappa shape index (κ1) is 10.7. The molecule has 5 heteroatoms. The summed E-state index contributed by atoms with van der Waals surface area (Å²) in [4.78, 5) is 8.08. The minimum Gasteiger partial charge on any atom is -0.346 e. The van der Waals surface area contributed by atoms with Gasteiger partial charge in [0.2, 0.25) is 0 Å². The first-order valence-corrected chi connectivity index (χ1v) is 7.24. The number of nitrogens with zero attached hydrogens (tertiary/aromatic N) is 1. The molecule has 0 aliphatic carbocycles. The van der Waals surface area contributed by atoms with E-state index in [1.165, 1.54) is 29.9 Å². The van der Waals surface area contributed by atoms with Crippen molar-refractivity contribution in [2.45, 2.75) is 31.1 Å². The summed E-state index contributed by atoms with van der Waals surface area (Å²) in [6.07, 6.45) is 3.59. The van der Waals surface area contributed by atoms with E-state index in [2.05, 4.69) is 15.3 Å². The van der Waals surface area contributed by atoms with Crippen LogP contribution in [0.2, 0.25) is 0 Å². The fourth-order valence-corrected chi connectivity index (χ4v) is 3.85. The molecule has 0 bridgehead atoms. The van der Waals surface area contributed by atoms with Gasteiger partial charge in [0.15, 0.2) is 0 Å². The number of aromatic nitrogens is 2. The summed E-state index contributed by atoms with van der Waals surface area (Å²) in [5.74, 6) is 2.36. The third-order valence-corrected chi connectivity index (χ3v) is 4.94. The highest BCUT2D eigenvalue weighted by molar-refractivity contribution is 7.99. The molecule has 3 nitrogen and oxygen atoms in total. The molecule has 1 fully saturated rings. The van der Waals surface area contributed by atoms with Crippen molar-refractivity contribution in [1.29, 1.82) is 0 Å². The van der Waals surface area contributed by atoms with Crippen LogP contribution >= 0.6 is 24.0 Å². The Kier molecular flexibility index (Phi) is 3.00. The lowest BCUT2D eigenvalue weighted by Gasteiger charge is -2.19. The minimum atomic E-state index is 0.543. The van der Waals surface area contributed by atoms with Crippen molar-refractivity contribution < 1.29 is 0 Å². The molecule has 0 amide bonds. The van der Waals surface area contributed by atoms with Crippen LogP contribution in [-0.4, -0.2) is 22.3 Å². The van der Waals surface area contributed by atoms with Crippen LogP contribution in [0.4, 0.5) is 0 Å². The van der Waals surface area contributed by atoms with Crippen LogP contribution in [0.25, 0.3) is 0 Å². The molecule has 2 aliphatic heterocycles. The van der Waals surface area contributed by atoms with Crippen LogP contribution < -0.4 is 5.32 Å². The molecule has 3 heterocycles. The van der Waals surface area contributed by atoms with Crippen LogP contribution in [-0.2, 0) is 13.0 Å². The van der Waals surface area contributed by atoms with Gasteiger partial charge in [0, 0.05) is 30.8 Å². The van der Waals surface area contributed by atoms with Crippen molar-refractivity contribution in [3.8, 4) is 0 Å². The van der Waals surface area contributed by atoms with Gasteiger partial charge in [0.05, 0.1) is 5.25 Å². The quantitative estimate of drug-likeness (QED) is 0.754. The Labute approximate surface area is 104 Å². The number of hydrogen-bond donors (Lipinski definition) is 2. The second-order valence-corrected chi connectivity index (χ2v) is 6.01. The Morgan fingerprint density at radius 2 is 2.38 bits per heavy atom. The van der Waals surface area contributed by atoms with E-state index in [-0.39, 0.29) is 0 Å². The van der Waals surface area contributed by atoms with Crippen molar-refractivity contribution in [2.24, 2.45) is 0 Å². The van der Waals surface area contributed by atoms with Gasteiger partial charge in [-0.15, -0.1) is 0 Å². The van der Waals surface area contributed by atoms with E-state index in [0.29, 0.717) is 5.25 Å². The fraction of sp³-hybridized carbons (Fsp3) is 0.636. The van der Waals surface area contributed by atoms with Gasteiger partial charge in [-0.1, -0.05) is 12.2 Å². The molecule has 0 aromatic carbocycles. The molecule has 16 heavy (non-hydrogen) atoms. The van der Waals surface area contributed by atoms with Crippen molar-refractivity contribution in [3.05, 3.63) is 21.7 Å². The zero-order valence-electron chi connectivity index (χ0n) is 9.08. The Bertz CT molecular complexity index is 449. The summed E-state index contributed by atoms with van der Waals surface area (Å²) >= 11 is 7.38. The third kappa shape index (κ3) is 1.92. The van der Waals surface area contributed by atoms with Crippen LogP contribution in [0, 0.1) is 4.64 Å². The monoisotopic (exact) mass is 253 g/mol. The predicted octanol–water partition coefficient (Wildman–Crippen LogP) is 2.35. The molecule has 1 unspecified atom stereocenters. The van der Waals surface area contributed by atoms with Crippen LogP contribution in [0.15, 0.2) is 0 Å². The smallest absolute Gasteiger partial charge is 0.134 e. The first-order valence-electron chi connectivity index (χ1n) is 5.79. The highest BCUT2D eigenvalue weighted by atomic mass is 32.2. The molecule has 1 aromatic rings. The molecule has 0 radical (unpaired) electrons. The lowest BCUT2D eigenvalue weighted by molar-refractivity contribution is 0.614. The maximum absolute atomic E-state index is 5.38. The lowest BCUT2D eigenvalue weighted by atomic mass is 10.1. The highest BCUT2D eigenvalue weighted by Gasteiger charge is 2.22. The number of thioether (sulfide) groups is 1. The Morgan fingerprint density at radius 1 is 1.44 bits per heavy atom. The number of rotatable bonds is 1. The molecule has 1 aromatic heterocycles. The summed E-state index contributed by atoms with van der Waals surface area (Å²) in [5.41, 5.74) is 2.51. The molecule has 2 aliphatic rings. The van der Waals surface area contributed by atoms with Gasteiger partial charge in [0.25, 0.3) is 0 Å². The van der Waals surface area contributed by atoms with Crippen LogP contribution in [0.1, 0.15) is 35.2 Å². The summed E-state index contributed by atoms with van der Waals surface area (Å²) in [6.45, 7) is 1.91. The Hall–Kier alpha value is -0.390. The van der Waals surface area contributed by atoms with E-state index in [1.807, 2.05) is 11.8 Å². The van der Waals surface area contributed by atoms with Crippen LogP contribution in [0.5, 0.6) is 0 Å². The molecule has 1 saturated heterocycles. The average Bonchev–Trinajstić information content (AvgIpc) is 2.82. The van der Waals surface area contributed by atoms with Gasteiger partial charge in [-0.2, -0.15) is 11.8 Å². The van der Waals surface area contributed by atoms with E-state index < -0.39 is 0 Å². The number of nitrogens with one attached hydrogen (secondary N) is 2. The van der Waals surface area contributed by atoms with E-state index in [4.69, 9.17) is 12.2 Å². The molecule has 86 valence electrons. The van der Waals surface area contributed by atoms with E-state index in [1.54, 1.807) is 0 Å². The summed E-state index contributed by atoms with van der Waals surface area (Å²) in [6, 6.07) is 0. The second kappa shape index (κ2) is 4.47. The molecule has 0 saturated carbocycles. The largest absolute Gasteiger partial charge is 0.346 e. The van der Waals surface area contributed by atoms with Gasteiger partial charge in [0.1, 0.15) is 10.5 Å². The normalized spacial score (nSPS) is 24.4. The fourth-order valence-electron chi connectivity index (χ4n) is 2.33. The van der Waals surface area contributed by atoms with E-state index >= 15 is 0 Å². The van der Waals surface area contributed by atoms with Crippen molar-refractivity contribution in [3.63, 3.8) is 0 Å². The standard InChI is InChI=1S/C11H15N3S2/c15-11-7-6-12-4-3-8(7)13-10(14-11)9-2-1-5-16-9/h9,12H,1-6H2,(H,13,14,15). The van der Waals surface area contributed by atoms with Gasteiger partial charge >= 0.3 is 0 Å². The SMILES string of the molecule is S=c1nc(C2CCCS2)[nH]c2c1CNCC2. The van der Waals surface area contributed by atoms with Crippen molar-refractivity contribution >= 4 is 24.0 Å². The van der Waals surface area contributed by atoms with E-state index in [0.717, 1.165) is 30.0 Å². The minimum absolute atomic E-state index is 0.543. The summed E-state index contributed by atoms with van der Waals surface area (Å²) < 4.78 is 0.795. The van der Waals surface area contributed by atoms with Crippen LogP contribution in [0.3, 0.4) is 0 Å². The molecule has 3 rings (SSSR count). The number of hydrogen-bond acceptors (Lipinski definition) is 4. The molecule has 0 spiro atoms. The second-order valence-electron chi connectivity index (χ2n) is 4.31. The van der Waals surface area contributed by atoms with Gasteiger partial charge in [-0.05, 0) is 18.6 Å². The molecule has 2 N–H and O–H groups in total. The van der Waals surface area contributed by atoms with Gasteiger partial charge < -0.3 is 10.3 Å². The Balaban J connectivity index is 2.01. The van der Waals surface area contributed by atoms with Crippen molar-refractivity contribution in [2.75, 3.05) is 12.3 Å². The molecular formula is C11H15N3S2. The number of H-pyrrole nitrogens is 1. The zero-order chi connectivity index (χ0) is 11.0. The highest BCUT2D eigenvalue weighted by Crippen LogP contribution is 2.38. The Morgan fingerprint density at radius 3 is 3.19 bits per heavy atom. The van der Waals surface area contributed by atoms with Gasteiger partial charge in [-0.3, -0.25) is 0 Å². The predicted molar refractivity (Wildman–Crippen MR) is 69.3 cm³/mol. The molecular weight excluding hydrogens is 238 g/mol. The van der Waals surface area contributed by atoms with E-state index in [9.17, 15) is 0 Å². The number of fused-ring (bicyclic) bond motifs is 1. The summed E-state index contributed by atoms with van der Waals surface area (Å²) in [5, 5.41) is 3.88. The first-order chi connectivity index (χ1) is 7.84. The zero-order valence-corrected chi connectivity index (χ0v) is 10.7. The third-order valence-electron chi connectivity index (χ3n) is 3.21. The topological polar surface area (TPSA) is 40.7 Å². The average molecular weight is 253 g/mol. The molecule has 1 atom stereocenters. The summed E-state index contributed by atoms with van der Waals surface area (Å²) in [7, 11) is 0.